The number of benzene rings is 1. The minimum Gasteiger partial charge on any atom is -0.480 e. The first-order valence-corrected chi connectivity index (χ1v) is 8.86. The standard InChI is InChI=1S/C14H19ClN2O6S/c1-5-14(12(18)19,13(2,3)4)16-24(22,23)11-7-6-9(15)8-10(11)17(20)21/h6-8,16H,5H2,1-4H3,(H,18,19). The van der Waals surface area contributed by atoms with Crippen LogP contribution in [-0.4, -0.2) is 30.0 Å². The second-order valence-electron chi connectivity index (χ2n) is 6.29. The van der Waals surface area contributed by atoms with Crippen molar-refractivity contribution in [2.75, 3.05) is 0 Å². The topological polar surface area (TPSA) is 127 Å². The van der Waals surface area contributed by atoms with Crippen LogP contribution < -0.4 is 4.72 Å². The Kier molecular flexibility index (Phi) is 5.64. The number of rotatable bonds is 6. The van der Waals surface area contributed by atoms with Crippen LogP contribution in [0.5, 0.6) is 0 Å². The van der Waals surface area contributed by atoms with Crippen molar-refractivity contribution in [2.45, 2.75) is 44.6 Å². The summed E-state index contributed by atoms with van der Waals surface area (Å²) in [6.45, 7) is 6.24. The molecule has 0 fully saturated rings. The summed E-state index contributed by atoms with van der Waals surface area (Å²) in [5.41, 5.74) is -3.54. The predicted molar refractivity (Wildman–Crippen MR) is 88.5 cm³/mol. The number of nitro benzene ring substituents is 1. The third-order valence-electron chi connectivity index (χ3n) is 3.89. The van der Waals surface area contributed by atoms with Gasteiger partial charge in [0.1, 0.15) is 5.54 Å². The molecule has 0 aliphatic heterocycles. The van der Waals surface area contributed by atoms with Crippen LogP contribution in [0, 0.1) is 15.5 Å². The molecule has 1 aromatic rings. The molecule has 0 heterocycles. The summed E-state index contributed by atoms with van der Waals surface area (Å²) >= 11 is 5.68. The summed E-state index contributed by atoms with van der Waals surface area (Å²) in [6.07, 6.45) is -0.0492. The van der Waals surface area contributed by atoms with Crippen LogP contribution in [0.3, 0.4) is 0 Å². The summed E-state index contributed by atoms with van der Waals surface area (Å²) in [5, 5.41) is 20.7. The summed E-state index contributed by atoms with van der Waals surface area (Å²) < 4.78 is 27.5. The Bertz CT molecular complexity index is 772. The molecule has 1 unspecified atom stereocenters. The predicted octanol–water partition coefficient (Wildman–Crippen LogP) is 2.81. The molecule has 0 bridgehead atoms. The molecule has 0 spiro atoms. The van der Waals surface area contributed by atoms with Crippen molar-refractivity contribution in [3.05, 3.63) is 33.3 Å². The van der Waals surface area contributed by atoms with Crippen molar-refractivity contribution < 1.29 is 23.2 Å². The van der Waals surface area contributed by atoms with Gasteiger partial charge >= 0.3 is 5.97 Å². The lowest BCUT2D eigenvalue weighted by Gasteiger charge is -2.40. The summed E-state index contributed by atoms with van der Waals surface area (Å²) in [5.74, 6) is -1.36. The average molecular weight is 379 g/mol. The molecule has 10 heteroatoms. The van der Waals surface area contributed by atoms with E-state index in [-0.39, 0.29) is 11.4 Å². The first-order valence-electron chi connectivity index (χ1n) is 7.00. The molecule has 1 aromatic carbocycles. The van der Waals surface area contributed by atoms with E-state index < -0.39 is 42.5 Å². The zero-order valence-corrected chi connectivity index (χ0v) is 15.2. The monoisotopic (exact) mass is 378 g/mol. The summed E-state index contributed by atoms with van der Waals surface area (Å²) in [4.78, 5) is 21.4. The fourth-order valence-corrected chi connectivity index (χ4v) is 4.34. The SMILES string of the molecule is CCC(NS(=O)(=O)c1ccc(Cl)cc1[N+](=O)[O-])(C(=O)O)C(C)(C)C. The van der Waals surface area contributed by atoms with Crippen LogP contribution in [0.1, 0.15) is 34.1 Å². The molecule has 0 saturated heterocycles. The van der Waals surface area contributed by atoms with Crippen LogP contribution in [0.4, 0.5) is 5.69 Å². The molecule has 0 aromatic heterocycles. The Morgan fingerprint density at radius 2 is 1.92 bits per heavy atom. The molecule has 0 aliphatic carbocycles. The summed E-state index contributed by atoms with van der Waals surface area (Å²) in [7, 11) is -4.48. The van der Waals surface area contributed by atoms with Crippen molar-refractivity contribution in [2.24, 2.45) is 5.41 Å². The van der Waals surface area contributed by atoms with Gasteiger partial charge in [-0.1, -0.05) is 39.3 Å². The Balaban J connectivity index is 3.56. The van der Waals surface area contributed by atoms with Crippen molar-refractivity contribution in [3.63, 3.8) is 0 Å². The zero-order chi connectivity index (χ0) is 18.9. The first kappa shape index (κ1) is 20.3. The van der Waals surface area contributed by atoms with Gasteiger partial charge in [-0.05, 0) is 24.0 Å². The molecule has 24 heavy (non-hydrogen) atoms. The van der Waals surface area contributed by atoms with E-state index >= 15 is 0 Å². The number of hydrogen-bond acceptors (Lipinski definition) is 5. The van der Waals surface area contributed by atoms with Gasteiger partial charge in [0.15, 0.2) is 4.90 Å². The van der Waals surface area contributed by atoms with Gasteiger partial charge < -0.3 is 5.11 Å². The number of nitrogens with zero attached hydrogens (tertiary/aromatic N) is 1. The van der Waals surface area contributed by atoms with Crippen molar-refractivity contribution >= 4 is 33.3 Å². The highest BCUT2D eigenvalue weighted by Gasteiger charge is 2.51. The average Bonchev–Trinajstić information content (AvgIpc) is 2.42. The van der Waals surface area contributed by atoms with E-state index in [1.165, 1.54) is 13.0 Å². The van der Waals surface area contributed by atoms with E-state index in [0.29, 0.717) is 0 Å². The number of hydrogen-bond donors (Lipinski definition) is 2. The van der Waals surface area contributed by atoms with Crippen LogP contribution in [-0.2, 0) is 14.8 Å². The highest BCUT2D eigenvalue weighted by Crippen LogP contribution is 2.36. The van der Waals surface area contributed by atoms with Crippen LogP contribution in [0.25, 0.3) is 0 Å². The summed E-state index contributed by atoms with van der Waals surface area (Å²) in [6, 6.07) is 3.07. The molecule has 0 aliphatic rings. The normalized spacial score (nSPS) is 14.9. The molecule has 0 saturated carbocycles. The Morgan fingerprint density at radius 3 is 2.29 bits per heavy atom. The van der Waals surface area contributed by atoms with Crippen LogP contribution in [0.2, 0.25) is 5.02 Å². The number of carbonyl (C=O) groups is 1. The number of carboxylic acid groups (broad SMARTS) is 1. The molecule has 8 nitrogen and oxygen atoms in total. The number of carboxylic acids is 1. The molecule has 0 radical (unpaired) electrons. The van der Waals surface area contributed by atoms with Gasteiger partial charge in [0.05, 0.1) is 4.92 Å². The first-order chi connectivity index (χ1) is 10.8. The number of aliphatic carboxylic acids is 1. The second-order valence-corrected chi connectivity index (χ2v) is 8.38. The third kappa shape index (κ3) is 3.68. The molecule has 1 atom stereocenters. The van der Waals surface area contributed by atoms with Gasteiger partial charge in [-0.15, -0.1) is 0 Å². The third-order valence-corrected chi connectivity index (χ3v) is 5.67. The number of halogens is 1. The minimum absolute atomic E-state index is 0.00328. The van der Waals surface area contributed by atoms with Gasteiger partial charge in [0.2, 0.25) is 10.0 Å². The Morgan fingerprint density at radius 1 is 1.38 bits per heavy atom. The van der Waals surface area contributed by atoms with Crippen molar-refractivity contribution in [3.8, 4) is 0 Å². The number of nitrogens with one attached hydrogen (secondary N) is 1. The fourth-order valence-electron chi connectivity index (χ4n) is 2.42. The zero-order valence-electron chi connectivity index (χ0n) is 13.7. The second kappa shape index (κ2) is 6.66. The highest BCUT2D eigenvalue weighted by molar-refractivity contribution is 7.89. The maximum absolute atomic E-state index is 12.7. The fraction of sp³-hybridized carbons (Fsp3) is 0.500. The maximum atomic E-state index is 12.7. The smallest absolute Gasteiger partial charge is 0.325 e. The van der Waals surface area contributed by atoms with Gasteiger partial charge in [-0.2, -0.15) is 4.72 Å². The highest BCUT2D eigenvalue weighted by atomic mass is 35.5. The van der Waals surface area contributed by atoms with Gasteiger partial charge in [0, 0.05) is 11.1 Å². The number of sulfonamides is 1. The Hall–Kier alpha value is -1.71. The van der Waals surface area contributed by atoms with Crippen LogP contribution in [0.15, 0.2) is 23.1 Å². The molecular weight excluding hydrogens is 360 g/mol. The van der Waals surface area contributed by atoms with E-state index in [4.69, 9.17) is 11.6 Å². The quantitative estimate of drug-likeness (QED) is 0.578. The maximum Gasteiger partial charge on any atom is 0.325 e. The van der Waals surface area contributed by atoms with Crippen molar-refractivity contribution in [1.82, 2.24) is 4.72 Å². The lowest BCUT2D eigenvalue weighted by molar-refractivity contribution is -0.387. The van der Waals surface area contributed by atoms with E-state index in [9.17, 15) is 28.4 Å². The largest absolute Gasteiger partial charge is 0.480 e. The molecular formula is C14H19ClN2O6S. The van der Waals surface area contributed by atoms with Gasteiger partial charge in [-0.3, -0.25) is 14.9 Å². The van der Waals surface area contributed by atoms with E-state index in [0.717, 1.165) is 12.1 Å². The van der Waals surface area contributed by atoms with E-state index in [1.807, 2.05) is 0 Å². The molecule has 134 valence electrons. The molecule has 0 amide bonds. The van der Waals surface area contributed by atoms with E-state index in [2.05, 4.69) is 4.72 Å². The van der Waals surface area contributed by atoms with Crippen molar-refractivity contribution in [1.29, 1.82) is 0 Å². The lowest BCUT2D eigenvalue weighted by atomic mass is 9.72. The Labute approximate surface area is 145 Å². The van der Waals surface area contributed by atoms with E-state index in [1.54, 1.807) is 20.8 Å². The van der Waals surface area contributed by atoms with Gasteiger partial charge in [-0.25, -0.2) is 8.42 Å². The molecule has 2 N–H and O–H groups in total. The van der Waals surface area contributed by atoms with Crippen LogP contribution >= 0.6 is 11.6 Å². The minimum atomic E-state index is -4.48. The lowest BCUT2D eigenvalue weighted by Crippen LogP contribution is -2.61. The van der Waals surface area contributed by atoms with Gasteiger partial charge in [0.25, 0.3) is 5.69 Å². The number of nitro groups is 1. The molecule has 1 rings (SSSR count).